The molecule has 0 saturated heterocycles. The SMILES string of the molecule is CCN(CC(=O)O)C1CC(NS(=O)(=O)c2ccc(S(C)(=O)=O)cc2)C1. The highest BCUT2D eigenvalue weighted by molar-refractivity contribution is 7.90. The molecule has 2 N–H and O–H groups in total. The van der Waals surface area contributed by atoms with Crippen molar-refractivity contribution in [1.82, 2.24) is 9.62 Å². The van der Waals surface area contributed by atoms with Crippen LogP contribution < -0.4 is 4.72 Å². The summed E-state index contributed by atoms with van der Waals surface area (Å²) in [6.07, 6.45) is 2.14. The maximum atomic E-state index is 12.4. The monoisotopic (exact) mass is 390 g/mol. The zero-order valence-corrected chi connectivity index (χ0v) is 15.7. The minimum atomic E-state index is -3.74. The van der Waals surface area contributed by atoms with E-state index in [1.807, 2.05) is 6.92 Å². The first-order chi connectivity index (χ1) is 11.5. The Morgan fingerprint density at radius 1 is 1.16 bits per heavy atom. The van der Waals surface area contributed by atoms with Crippen molar-refractivity contribution >= 4 is 25.8 Å². The van der Waals surface area contributed by atoms with Crippen LogP contribution in [0.5, 0.6) is 0 Å². The number of sulfonamides is 1. The summed E-state index contributed by atoms with van der Waals surface area (Å²) in [4.78, 5) is 12.7. The van der Waals surface area contributed by atoms with Crippen molar-refractivity contribution in [1.29, 1.82) is 0 Å². The maximum absolute atomic E-state index is 12.4. The number of hydrogen-bond donors (Lipinski definition) is 2. The molecule has 10 heteroatoms. The number of carboxylic acid groups (broad SMARTS) is 1. The Balaban J connectivity index is 1.98. The van der Waals surface area contributed by atoms with Gasteiger partial charge in [-0.2, -0.15) is 0 Å². The second-order valence-electron chi connectivity index (χ2n) is 6.14. The van der Waals surface area contributed by atoms with Crippen molar-refractivity contribution in [3.8, 4) is 0 Å². The van der Waals surface area contributed by atoms with Crippen LogP contribution in [-0.2, 0) is 24.7 Å². The predicted molar refractivity (Wildman–Crippen MR) is 91.6 cm³/mol. The number of hydrogen-bond acceptors (Lipinski definition) is 6. The van der Waals surface area contributed by atoms with Crippen molar-refractivity contribution in [2.45, 2.75) is 41.6 Å². The van der Waals surface area contributed by atoms with E-state index < -0.39 is 25.8 Å². The number of carbonyl (C=O) groups is 1. The van der Waals surface area contributed by atoms with E-state index in [1.165, 1.54) is 24.3 Å². The molecule has 0 aromatic heterocycles. The topological polar surface area (TPSA) is 121 Å². The van der Waals surface area contributed by atoms with E-state index in [9.17, 15) is 21.6 Å². The summed E-state index contributed by atoms with van der Waals surface area (Å²) < 4.78 is 50.1. The number of benzene rings is 1. The van der Waals surface area contributed by atoms with Gasteiger partial charge in [-0.15, -0.1) is 0 Å². The molecule has 140 valence electrons. The molecule has 0 spiro atoms. The minimum Gasteiger partial charge on any atom is -0.480 e. The molecule has 0 atom stereocenters. The smallest absolute Gasteiger partial charge is 0.317 e. The summed E-state index contributed by atoms with van der Waals surface area (Å²) in [5, 5.41) is 8.87. The van der Waals surface area contributed by atoms with Gasteiger partial charge >= 0.3 is 5.97 Å². The number of nitrogens with one attached hydrogen (secondary N) is 1. The van der Waals surface area contributed by atoms with Gasteiger partial charge in [-0.25, -0.2) is 21.6 Å². The van der Waals surface area contributed by atoms with Gasteiger partial charge < -0.3 is 5.11 Å². The molecule has 0 unspecified atom stereocenters. The highest BCUT2D eigenvalue weighted by Gasteiger charge is 2.36. The molecule has 1 aliphatic rings. The Kier molecular flexibility index (Phi) is 5.87. The highest BCUT2D eigenvalue weighted by atomic mass is 32.2. The van der Waals surface area contributed by atoms with Crippen molar-refractivity contribution < 1.29 is 26.7 Å². The van der Waals surface area contributed by atoms with Crippen LogP contribution in [-0.4, -0.2) is 64.2 Å². The molecular formula is C15H22N2O6S2. The molecule has 1 aromatic carbocycles. The molecule has 2 rings (SSSR count). The van der Waals surface area contributed by atoms with Crippen LogP contribution in [0, 0.1) is 0 Å². The molecule has 25 heavy (non-hydrogen) atoms. The molecule has 0 radical (unpaired) electrons. The second-order valence-corrected chi connectivity index (χ2v) is 9.87. The van der Waals surface area contributed by atoms with Crippen molar-refractivity contribution in [2.24, 2.45) is 0 Å². The van der Waals surface area contributed by atoms with Gasteiger partial charge in [0, 0.05) is 18.3 Å². The highest BCUT2D eigenvalue weighted by Crippen LogP contribution is 2.27. The molecular weight excluding hydrogens is 368 g/mol. The fourth-order valence-corrected chi connectivity index (χ4v) is 4.70. The standard InChI is InChI=1S/C15H22N2O6S2/c1-3-17(10-15(18)19)12-8-11(9-12)16-25(22,23)14-6-4-13(5-7-14)24(2,20)21/h4-7,11-12,16H,3,8-10H2,1-2H3,(H,18,19). The number of aliphatic carboxylic acids is 1. The fraction of sp³-hybridized carbons (Fsp3) is 0.533. The molecule has 1 aromatic rings. The fourth-order valence-electron chi connectivity index (χ4n) is 2.81. The van der Waals surface area contributed by atoms with E-state index in [2.05, 4.69) is 4.72 Å². The summed E-state index contributed by atoms with van der Waals surface area (Å²) >= 11 is 0. The molecule has 1 fully saturated rings. The third-order valence-electron chi connectivity index (χ3n) is 4.26. The Labute approximate surface area is 147 Å². The van der Waals surface area contributed by atoms with Gasteiger partial charge in [0.25, 0.3) is 0 Å². The van der Waals surface area contributed by atoms with Crippen LogP contribution >= 0.6 is 0 Å². The second kappa shape index (κ2) is 7.40. The van der Waals surface area contributed by atoms with E-state index in [4.69, 9.17) is 5.11 Å². The predicted octanol–water partition coefficient (Wildman–Crippen LogP) is 0.306. The molecule has 1 aliphatic carbocycles. The third-order valence-corrected chi connectivity index (χ3v) is 6.92. The van der Waals surface area contributed by atoms with E-state index >= 15 is 0 Å². The van der Waals surface area contributed by atoms with E-state index in [0.717, 1.165) is 6.26 Å². The van der Waals surface area contributed by atoms with Crippen LogP contribution in [0.15, 0.2) is 34.1 Å². The summed E-state index contributed by atoms with van der Waals surface area (Å²) in [6.45, 7) is 2.39. The Morgan fingerprint density at radius 2 is 1.68 bits per heavy atom. The normalized spacial score (nSPS) is 21.1. The number of carboxylic acids is 1. The number of rotatable bonds is 8. The van der Waals surface area contributed by atoms with Crippen molar-refractivity contribution in [3.63, 3.8) is 0 Å². The quantitative estimate of drug-likeness (QED) is 0.655. The number of nitrogens with zero attached hydrogens (tertiary/aromatic N) is 1. The molecule has 1 saturated carbocycles. The van der Waals surface area contributed by atoms with Gasteiger partial charge in [-0.1, -0.05) is 6.92 Å². The Bertz CT molecular complexity index is 827. The largest absolute Gasteiger partial charge is 0.480 e. The molecule has 0 bridgehead atoms. The summed E-state index contributed by atoms with van der Waals surface area (Å²) in [5.41, 5.74) is 0. The lowest BCUT2D eigenvalue weighted by molar-refractivity contribution is -0.139. The summed E-state index contributed by atoms with van der Waals surface area (Å²) in [5.74, 6) is -0.906. The number of sulfone groups is 1. The minimum absolute atomic E-state index is 0.00114. The molecule has 0 aliphatic heterocycles. The zero-order valence-electron chi connectivity index (χ0n) is 14.0. The van der Waals surface area contributed by atoms with Crippen LogP contribution in [0.2, 0.25) is 0 Å². The van der Waals surface area contributed by atoms with Crippen LogP contribution in [0.3, 0.4) is 0 Å². The average molecular weight is 390 g/mol. The third kappa shape index (κ3) is 5.00. The first kappa shape index (κ1) is 19.8. The van der Waals surface area contributed by atoms with Gasteiger partial charge in [0.15, 0.2) is 9.84 Å². The maximum Gasteiger partial charge on any atom is 0.317 e. The van der Waals surface area contributed by atoms with Gasteiger partial charge in [0.05, 0.1) is 16.3 Å². The van der Waals surface area contributed by atoms with E-state index in [-0.39, 0.29) is 28.4 Å². The summed E-state index contributed by atoms with van der Waals surface area (Å²) in [6, 6.07) is 4.84. The average Bonchev–Trinajstić information content (AvgIpc) is 2.47. The lowest BCUT2D eigenvalue weighted by atomic mass is 9.86. The van der Waals surface area contributed by atoms with Gasteiger partial charge in [0.2, 0.25) is 10.0 Å². The van der Waals surface area contributed by atoms with Crippen LogP contribution in [0.4, 0.5) is 0 Å². The van der Waals surface area contributed by atoms with Gasteiger partial charge in [-0.05, 0) is 43.7 Å². The van der Waals surface area contributed by atoms with Gasteiger partial charge in [0.1, 0.15) is 0 Å². The summed E-state index contributed by atoms with van der Waals surface area (Å²) in [7, 11) is -7.12. The van der Waals surface area contributed by atoms with Crippen LogP contribution in [0.25, 0.3) is 0 Å². The molecule has 8 nitrogen and oxygen atoms in total. The first-order valence-corrected chi connectivity index (χ1v) is 11.2. The molecule has 0 heterocycles. The zero-order chi connectivity index (χ0) is 18.8. The van der Waals surface area contributed by atoms with Gasteiger partial charge in [-0.3, -0.25) is 9.69 Å². The molecule has 0 amide bonds. The van der Waals surface area contributed by atoms with Crippen LogP contribution in [0.1, 0.15) is 19.8 Å². The van der Waals surface area contributed by atoms with Crippen molar-refractivity contribution in [2.75, 3.05) is 19.3 Å². The number of likely N-dealkylation sites (N-methyl/N-ethyl adjacent to an activating group) is 1. The Hall–Kier alpha value is -1.49. The lowest BCUT2D eigenvalue weighted by Crippen LogP contribution is -2.54. The van der Waals surface area contributed by atoms with E-state index in [0.29, 0.717) is 19.4 Å². The Morgan fingerprint density at radius 3 is 2.12 bits per heavy atom. The lowest BCUT2D eigenvalue weighted by Gasteiger charge is -2.42. The van der Waals surface area contributed by atoms with E-state index in [1.54, 1.807) is 4.90 Å². The van der Waals surface area contributed by atoms with Crippen molar-refractivity contribution in [3.05, 3.63) is 24.3 Å². The first-order valence-electron chi connectivity index (χ1n) is 7.81.